The number of benzene rings is 10. The Bertz CT molecular complexity index is 5250. The number of halogens is 7. The molecule has 5 N–H and O–H groups in total. The van der Waals surface area contributed by atoms with Gasteiger partial charge in [-0.25, -0.2) is 18.4 Å². The zero-order valence-electron chi connectivity index (χ0n) is 53.4. The Morgan fingerprint density at radius 1 is 0.330 bits per heavy atom. The van der Waals surface area contributed by atoms with Gasteiger partial charge in [-0.3, -0.25) is 39.9 Å². The Balaban J connectivity index is 0.000000126. The number of esters is 2. The molecule has 0 saturated carbocycles. The summed E-state index contributed by atoms with van der Waals surface area (Å²) in [5, 5.41) is 40.9. The van der Waals surface area contributed by atoms with E-state index in [9.17, 15) is 45.9 Å². The molecule has 17 nitrogen and oxygen atoms in total. The van der Waals surface area contributed by atoms with E-state index in [-0.39, 0.29) is 40.9 Å². The van der Waals surface area contributed by atoms with Crippen molar-refractivity contribution in [3.8, 4) is 56.3 Å². The van der Waals surface area contributed by atoms with Crippen LogP contribution in [0.15, 0.2) is 212 Å². The van der Waals surface area contributed by atoms with Crippen molar-refractivity contribution in [2.75, 3.05) is 14.2 Å². The lowest BCUT2D eigenvalue weighted by Crippen LogP contribution is -2.04. The lowest BCUT2D eigenvalue weighted by atomic mass is 10.0. The van der Waals surface area contributed by atoms with Crippen molar-refractivity contribution in [2.24, 2.45) is 0 Å². The van der Waals surface area contributed by atoms with Crippen LogP contribution in [0.25, 0.3) is 111 Å². The van der Waals surface area contributed by atoms with Gasteiger partial charge in [0.1, 0.15) is 11.6 Å². The summed E-state index contributed by atoms with van der Waals surface area (Å²) >= 11 is 11.9. The van der Waals surface area contributed by atoms with E-state index in [0.29, 0.717) is 65.5 Å². The topological polar surface area (TPSA) is 247 Å². The van der Waals surface area contributed by atoms with Crippen LogP contribution < -0.4 is 0 Å². The van der Waals surface area contributed by atoms with Crippen molar-refractivity contribution >= 4 is 107 Å². The summed E-state index contributed by atoms with van der Waals surface area (Å²) < 4.78 is 73.7. The molecule has 15 rings (SSSR count). The first-order chi connectivity index (χ1) is 48.0. The molecule has 0 fully saturated rings. The fourth-order valence-electron chi connectivity index (χ4n) is 10.6. The highest BCUT2D eigenvalue weighted by atomic mass is 35.5. The Morgan fingerprint density at radius 2 is 0.570 bits per heavy atom. The first-order valence-corrected chi connectivity index (χ1v) is 31.1. The predicted octanol–water partition coefficient (Wildman–Crippen LogP) is 18.9. The minimum Gasteiger partial charge on any atom is -0.465 e. The molecule has 0 unspecified atom stereocenters. The van der Waals surface area contributed by atoms with E-state index in [2.05, 4.69) is 60.5 Å². The number of fused-ring (bicyclic) bond motifs is 5. The first kappa shape index (κ1) is 69.1. The smallest absolute Gasteiger partial charge is 0.416 e. The molecule has 10 aromatic carbocycles. The van der Waals surface area contributed by atoms with Crippen LogP contribution in [0.2, 0.25) is 10.0 Å². The maximum Gasteiger partial charge on any atom is 0.416 e. The summed E-state index contributed by atoms with van der Waals surface area (Å²) in [5.41, 5.74) is 13.7. The molecule has 100 heavy (non-hydrogen) atoms. The third kappa shape index (κ3) is 15.7. The fourth-order valence-corrected chi connectivity index (χ4v) is 11.0. The summed E-state index contributed by atoms with van der Waals surface area (Å²) in [5.74, 6) is -1.30. The number of nitrogens with one attached hydrogen (secondary N) is 5. The van der Waals surface area contributed by atoms with Crippen molar-refractivity contribution < 1.29 is 55.4 Å². The highest BCUT2D eigenvalue weighted by Gasteiger charge is 2.31. The summed E-state index contributed by atoms with van der Waals surface area (Å²) in [7, 11) is 2.70. The minimum atomic E-state index is -4.39. The standard InChI is InChI=1S/C16H11F3N2O.C15H11ClN2O2.C15H11ClN2O.C15H11FN2O2.C15H11FN2O/c1-9(22)10-2-4-11(5-3-10)15-13-7-6-12(16(17,18)19)8-14(13)20-21-15;1-20-15(19)10-4-2-9(3-5-10)14-12-7-6-11(16)8-13(12)17-18-14;1-9(19)10-2-4-11(5-3-10)15-13-7-6-12(16)8-14(13)17-18-15;1-20-15(19)10-4-2-9(3-5-10)14-12-7-6-11(16)8-13(12)17-18-14;1-9(19)10-2-4-11(5-3-10)15-13-7-6-12(16)8-14(13)17-18-15/h2-8H,1H3,(H,20,21);2-8H,1H3,(H,17,18);2-8H,1H3,(H,17,18);2-8H,1H3,(H,17,18);2-8H,1H3,(H,17,18). The van der Waals surface area contributed by atoms with Gasteiger partial charge in [0.2, 0.25) is 0 Å². The molecule has 5 aromatic heterocycles. The average molecular weight is 1390 g/mol. The average Bonchev–Trinajstić information content (AvgIpc) is 1.55. The van der Waals surface area contributed by atoms with Crippen molar-refractivity contribution in [2.45, 2.75) is 26.9 Å². The molecule has 500 valence electrons. The van der Waals surface area contributed by atoms with E-state index >= 15 is 0 Å². The van der Waals surface area contributed by atoms with Crippen LogP contribution in [0.1, 0.15) is 78.1 Å². The maximum absolute atomic E-state index is 13.1. The fraction of sp³-hybridized carbons (Fsp3) is 0.0789. The summed E-state index contributed by atoms with van der Waals surface area (Å²) in [6.07, 6.45) is -4.39. The zero-order valence-corrected chi connectivity index (χ0v) is 55.0. The maximum atomic E-state index is 13.1. The van der Waals surface area contributed by atoms with Crippen LogP contribution in [0.5, 0.6) is 0 Å². The molecular formula is C76H55Cl2F5N10O7. The van der Waals surface area contributed by atoms with Crippen LogP contribution in [-0.2, 0) is 15.7 Å². The number of carbonyl (C=O) groups excluding carboxylic acids is 5. The second-order valence-corrected chi connectivity index (χ2v) is 23.3. The Labute approximate surface area is 575 Å². The Morgan fingerprint density at radius 3 is 0.830 bits per heavy atom. The Hall–Kier alpha value is -12.3. The first-order valence-electron chi connectivity index (χ1n) is 30.4. The quantitative estimate of drug-likeness (QED) is 0.0487. The summed E-state index contributed by atoms with van der Waals surface area (Å²) in [6.45, 7) is 4.56. The molecule has 5 heterocycles. The van der Waals surface area contributed by atoms with E-state index in [1.807, 2.05) is 84.9 Å². The van der Waals surface area contributed by atoms with Crippen molar-refractivity contribution in [1.82, 2.24) is 51.0 Å². The molecule has 0 radical (unpaired) electrons. The number of ketones is 3. The number of ether oxygens (including phenoxy) is 2. The lowest BCUT2D eigenvalue weighted by molar-refractivity contribution is -0.137. The number of hydrogen-bond acceptors (Lipinski definition) is 12. The second kappa shape index (κ2) is 30.0. The van der Waals surface area contributed by atoms with Crippen LogP contribution in [-0.4, -0.2) is 94.5 Å². The number of alkyl halides is 3. The van der Waals surface area contributed by atoms with Gasteiger partial charge in [-0.1, -0.05) is 120 Å². The van der Waals surface area contributed by atoms with E-state index in [0.717, 1.165) is 95.3 Å². The number of nitrogens with zero attached hydrogens (tertiary/aromatic N) is 5. The highest BCUT2D eigenvalue weighted by molar-refractivity contribution is 6.31. The number of Topliss-reactive ketones (excluding diaryl/α,β-unsaturated/α-hetero) is 3. The van der Waals surface area contributed by atoms with Crippen LogP contribution in [0.4, 0.5) is 22.0 Å². The molecule has 0 saturated heterocycles. The Kier molecular flexibility index (Phi) is 20.7. The van der Waals surface area contributed by atoms with Gasteiger partial charge in [0, 0.05) is 81.5 Å². The number of methoxy groups -OCH3 is 2. The summed E-state index contributed by atoms with van der Waals surface area (Å²) in [4.78, 5) is 56.5. The molecule has 0 aliphatic heterocycles. The SMILES string of the molecule is CC(=O)c1ccc(-c2n[nH]c3cc(C(F)(F)F)ccc23)cc1.CC(=O)c1ccc(-c2n[nH]c3cc(Cl)ccc23)cc1.CC(=O)c1ccc(-c2n[nH]c3cc(F)ccc23)cc1.COC(=O)c1ccc(-c2n[nH]c3cc(Cl)ccc23)cc1.COC(=O)c1ccc(-c2n[nH]c3cc(F)ccc23)cc1. The van der Waals surface area contributed by atoms with Gasteiger partial charge in [0.25, 0.3) is 0 Å². The van der Waals surface area contributed by atoms with Crippen LogP contribution in [0.3, 0.4) is 0 Å². The largest absolute Gasteiger partial charge is 0.465 e. The molecule has 15 aromatic rings. The van der Waals surface area contributed by atoms with E-state index in [1.165, 1.54) is 58.4 Å². The van der Waals surface area contributed by atoms with Crippen LogP contribution in [0, 0.1) is 11.6 Å². The number of rotatable bonds is 10. The molecule has 0 aliphatic rings. The summed E-state index contributed by atoms with van der Waals surface area (Å²) in [6, 6.07) is 59.1. The molecule has 0 bridgehead atoms. The van der Waals surface area contributed by atoms with E-state index in [1.54, 1.807) is 91.9 Å². The molecule has 0 amide bonds. The normalized spacial score (nSPS) is 11.0. The van der Waals surface area contributed by atoms with Gasteiger partial charge in [-0.05, 0) is 136 Å². The molecule has 0 aliphatic carbocycles. The second-order valence-electron chi connectivity index (χ2n) is 22.4. The van der Waals surface area contributed by atoms with Gasteiger partial charge in [-0.15, -0.1) is 0 Å². The third-order valence-electron chi connectivity index (χ3n) is 15.8. The van der Waals surface area contributed by atoms with Gasteiger partial charge >= 0.3 is 18.1 Å². The van der Waals surface area contributed by atoms with Gasteiger partial charge in [0.05, 0.1) is 87.0 Å². The molecule has 0 spiro atoms. The number of hydrogen-bond donors (Lipinski definition) is 5. The molecule has 0 atom stereocenters. The molecular weight excluding hydrogens is 1330 g/mol. The number of aromatic amines is 5. The van der Waals surface area contributed by atoms with Crippen molar-refractivity contribution in [3.63, 3.8) is 0 Å². The molecule has 24 heteroatoms. The lowest BCUT2D eigenvalue weighted by Gasteiger charge is -2.06. The van der Waals surface area contributed by atoms with Gasteiger partial charge in [-0.2, -0.15) is 38.7 Å². The number of carbonyl (C=O) groups is 5. The number of aromatic nitrogens is 10. The van der Waals surface area contributed by atoms with E-state index in [4.69, 9.17) is 23.2 Å². The van der Waals surface area contributed by atoms with Crippen molar-refractivity contribution in [3.05, 3.63) is 267 Å². The van der Waals surface area contributed by atoms with Gasteiger partial charge < -0.3 is 9.47 Å². The zero-order chi connectivity index (χ0) is 70.9. The van der Waals surface area contributed by atoms with Gasteiger partial charge in [0.15, 0.2) is 17.3 Å². The highest BCUT2D eigenvalue weighted by Crippen LogP contribution is 2.36. The number of H-pyrrole nitrogens is 5. The predicted molar refractivity (Wildman–Crippen MR) is 375 cm³/mol. The third-order valence-corrected chi connectivity index (χ3v) is 16.3. The van der Waals surface area contributed by atoms with Crippen molar-refractivity contribution in [1.29, 1.82) is 0 Å². The minimum absolute atomic E-state index is 0.0282. The van der Waals surface area contributed by atoms with E-state index < -0.39 is 11.7 Å². The monoisotopic (exact) mass is 1380 g/mol. The van der Waals surface area contributed by atoms with Crippen LogP contribution >= 0.6 is 23.2 Å².